The molecule has 1 unspecified atom stereocenters. The SMILES string of the molecule is CC(=O)N1CC(CCN2CCN(c3cccc4sccc34)CC2)c2ccccc21. The first-order chi connectivity index (χ1) is 14.2. The average Bonchev–Trinajstić information content (AvgIpc) is 3.37. The van der Waals surface area contributed by atoms with Crippen LogP contribution in [0.5, 0.6) is 0 Å². The Balaban J connectivity index is 1.20. The molecule has 0 aliphatic carbocycles. The zero-order chi connectivity index (χ0) is 19.8. The van der Waals surface area contributed by atoms with Crippen LogP contribution in [-0.2, 0) is 4.79 Å². The molecule has 0 radical (unpaired) electrons. The van der Waals surface area contributed by atoms with Crippen molar-refractivity contribution < 1.29 is 4.79 Å². The largest absolute Gasteiger partial charge is 0.368 e. The third kappa shape index (κ3) is 3.53. The monoisotopic (exact) mass is 405 g/mol. The zero-order valence-electron chi connectivity index (χ0n) is 16.9. The third-order valence-electron chi connectivity index (χ3n) is 6.43. The number of amides is 1. The molecule has 1 saturated heterocycles. The van der Waals surface area contributed by atoms with Crippen LogP contribution in [0.15, 0.2) is 53.9 Å². The smallest absolute Gasteiger partial charge is 0.223 e. The molecule has 2 aliphatic heterocycles. The summed E-state index contributed by atoms with van der Waals surface area (Å²) in [5.74, 6) is 0.601. The minimum atomic E-state index is 0.149. The second-order valence-corrected chi connectivity index (χ2v) is 9.06. The summed E-state index contributed by atoms with van der Waals surface area (Å²) in [6.45, 7) is 7.96. The number of para-hydroxylation sites is 1. The lowest BCUT2D eigenvalue weighted by Gasteiger charge is -2.36. The standard InChI is InChI=1S/C24H27N3OS/c1-18(28)27-17-19(20-5-2-3-6-23(20)27)9-11-25-12-14-26(15-13-25)22-7-4-8-24-21(22)10-16-29-24/h2-8,10,16,19H,9,11-15,17H2,1H3. The lowest BCUT2D eigenvalue weighted by Crippen LogP contribution is -2.47. The Morgan fingerprint density at radius 3 is 2.62 bits per heavy atom. The molecule has 3 aromatic rings. The van der Waals surface area contributed by atoms with Crippen LogP contribution in [0.3, 0.4) is 0 Å². The van der Waals surface area contributed by atoms with Gasteiger partial charge in [0, 0.05) is 67.0 Å². The molecule has 1 fully saturated rings. The number of benzene rings is 2. The molecular formula is C24H27N3OS. The van der Waals surface area contributed by atoms with E-state index in [2.05, 4.69) is 57.6 Å². The molecule has 4 nitrogen and oxygen atoms in total. The van der Waals surface area contributed by atoms with Gasteiger partial charge in [0.2, 0.25) is 5.91 Å². The van der Waals surface area contributed by atoms with Crippen molar-refractivity contribution in [3.8, 4) is 0 Å². The Morgan fingerprint density at radius 2 is 1.79 bits per heavy atom. The molecule has 3 heterocycles. The van der Waals surface area contributed by atoms with E-state index < -0.39 is 0 Å². The predicted octanol–water partition coefficient (Wildman–Crippen LogP) is 4.56. The molecule has 0 spiro atoms. The Kier molecular flexibility index (Phi) is 5.02. The van der Waals surface area contributed by atoms with Crippen LogP contribution in [0.4, 0.5) is 11.4 Å². The first-order valence-electron chi connectivity index (χ1n) is 10.5. The van der Waals surface area contributed by atoms with Crippen molar-refractivity contribution in [3.05, 3.63) is 59.5 Å². The summed E-state index contributed by atoms with van der Waals surface area (Å²) < 4.78 is 1.37. The second-order valence-electron chi connectivity index (χ2n) is 8.11. The number of anilines is 2. The van der Waals surface area contributed by atoms with Crippen LogP contribution >= 0.6 is 11.3 Å². The minimum Gasteiger partial charge on any atom is -0.368 e. The number of thiophene rings is 1. The number of hydrogen-bond acceptors (Lipinski definition) is 4. The fourth-order valence-electron chi connectivity index (χ4n) is 4.85. The summed E-state index contributed by atoms with van der Waals surface area (Å²) in [5.41, 5.74) is 3.83. The van der Waals surface area contributed by atoms with Gasteiger partial charge in [-0.15, -0.1) is 11.3 Å². The van der Waals surface area contributed by atoms with E-state index in [1.54, 1.807) is 6.92 Å². The van der Waals surface area contributed by atoms with Crippen molar-refractivity contribution in [1.82, 2.24) is 4.90 Å². The van der Waals surface area contributed by atoms with Gasteiger partial charge in [-0.3, -0.25) is 9.69 Å². The maximum Gasteiger partial charge on any atom is 0.223 e. The van der Waals surface area contributed by atoms with Crippen molar-refractivity contribution in [2.75, 3.05) is 49.1 Å². The van der Waals surface area contributed by atoms with Gasteiger partial charge in [-0.05, 0) is 48.2 Å². The summed E-state index contributed by atoms with van der Waals surface area (Å²) in [5, 5.41) is 3.58. The Hall–Kier alpha value is -2.37. The van der Waals surface area contributed by atoms with E-state index in [0.717, 1.165) is 51.4 Å². The Bertz CT molecular complexity index is 1020. The fraction of sp³-hybridized carbons (Fsp3) is 0.375. The van der Waals surface area contributed by atoms with Gasteiger partial charge in [0.05, 0.1) is 0 Å². The number of hydrogen-bond donors (Lipinski definition) is 0. The number of carbonyl (C=O) groups is 1. The predicted molar refractivity (Wildman–Crippen MR) is 122 cm³/mol. The molecule has 29 heavy (non-hydrogen) atoms. The Labute approximate surface area is 176 Å². The van der Waals surface area contributed by atoms with Gasteiger partial charge in [-0.25, -0.2) is 0 Å². The summed E-state index contributed by atoms with van der Waals surface area (Å²) >= 11 is 1.82. The van der Waals surface area contributed by atoms with Crippen molar-refractivity contribution in [3.63, 3.8) is 0 Å². The number of carbonyl (C=O) groups excluding carboxylic acids is 1. The van der Waals surface area contributed by atoms with Crippen molar-refractivity contribution in [2.24, 2.45) is 0 Å². The maximum atomic E-state index is 12.0. The van der Waals surface area contributed by atoms with Gasteiger partial charge >= 0.3 is 0 Å². The first kappa shape index (κ1) is 18.6. The molecule has 5 rings (SSSR count). The van der Waals surface area contributed by atoms with Crippen LogP contribution in [-0.4, -0.2) is 50.1 Å². The highest BCUT2D eigenvalue weighted by Crippen LogP contribution is 2.38. The highest BCUT2D eigenvalue weighted by molar-refractivity contribution is 7.17. The van der Waals surface area contributed by atoms with E-state index in [1.807, 2.05) is 22.3 Å². The van der Waals surface area contributed by atoms with E-state index in [4.69, 9.17) is 0 Å². The minimum absolute atomic E-state index is 0.149. The quantitative estimate of drug-likeness (QED) is 0.636. The van der Waals surface area contributed by atoms with Gasteiger partial charge in [0.15, 0.2) is 0 Å². The van der Waals surface area contributed by atoms with Crippen molar-refractivity contribution in [1.29, 1.82) is 0 Å². The molecule has 1 amide bonds. The van der Waals surface area contributed by atoms with Crippen LogP contribution in [0.25, 0.3) is 10.1 Å². The average molecular weight is 406 g/mol. The molecular weight excluding hydrogens is 378 g/mol. The van der Waals surface area contributed by atoms with E-state index in [1.165, 1.54) is 21.3 Å². The zero-order valence-corrected chi connectivity index (χ0v) is 17.7. The maximum absolute atomic E-state index is 12.0. The van der Waals surface area contributed by atoms with Crippen LogP contribution in [0, 0.1) is 0 Å². The van der Waals surface area contributed by atoms with Crippen molar-refractivity contribution in [2.45, 2.75) is 19.3 Å². The highest BCUT2D eigenvalue weighted by Gasteiger charge is 2.30. The van der Waals surface area contributed by atoms with E-state index in [-0.39, 0.29) is 5.91 Å². The lowest BCUT2D eigenvalue weighted by molar-refractivity contribution is -0.116. The van der Waals surface area contributed by atoms with Gasteiger partial charge in [-0.2, -0.15) is 0 Å². The molecule has 5 heteroatoms. The molecule has 0 bridgehead atoms. The summed E-state index contributed by atoms with van der Waals surface area (Å²) in [4.78, 5) is 19.1. The number of piperazine rings is 1. The third-order valence-corrected chi connectivity index (χ3v) is 7.31. The lowest BCUT2D eigenvalue weighted by atomic mass is 9.97. The molecule has 2 aliphatic rings. The van der Waals surface area contributed by atoms with E-state index in [9.17, 15) is 4.79 Å². The van der Waals surface area contributed by atoms with Gasteiger partial charge in [0.1, 0.15) is 0 Å². The van der Waals surface area contributed by atoms with Crippen molar-refractivity contribution >= 4 is 38.7 Å². The topological polar surface area (TPSA) is 26.8 Å². The molecule has 0 saturated carbocycles. The van der Waals surface area contributed by atoms with Gasteiger partial charge in [0.25, 0.3) is 0 Å². The van der Waals surface area contributed by atoms with E-state index in [0.29, 0.717) is 5.92 Å². The number of rotatable bonds is 4. The van der Waals surface area contributed by atoms with E-state index >= 15 is 0 Å². The van der Waals surface area contributed by atoms with Crippen LogP contribution in [0.2, 0.25) is 0 Å². The summed E-state index contributed by atoms with van der Waals surface area (Å²) in [7, 11) is 0. The molecule has 0 N–H and O–H groups in total. The molecule has 1 atom stereocenters. The second kappa shape index (κ2) is 7.81. The summed E-state index contributed by atoms with van der Waals surface area (Å²) in [6.07, 6.45) is 1.11. The Morgan fingerprint density at radius 1 is 1.00 bits per heavy atom. The van der Waals surface area contributed by atoms with Gasteiger partial charge < -0.3 is 9.80 Å². The van der Waals surface area contributed by atoms with Gasteiger partial charge in [-0.1, -0.05) is 24.3 Å². The molecule has 150 valence electrons. The van der Waals surface area contributed by atoms with Crippen LogP contribution < -0.4 is 9.80 Å². The number of fused-ring (bicyclic) bond motifs is 2. The van der Waals surface area contributed by atoms with Crippen LogP contribution in [0.1, 0.15) is 24.8 Å². The number of nitrogens with zero attached hydrogens (tertiary/aromatic N) is 3. The fourth-order valence-corrected chi connectivity index (χ4v) is 5.65. The summed E-state index contributed by atoms with van der Waals surface area (Å²) in [6, 6.07) is 17.3. The molecule has 1 aromatic heterocycles. The highest BCUT2D eigenvalue weighted by atomic mass is 32.1. The first-order valence-corrected chi connectivity index (χ1v) is 11.4. The normalized spacial score (nSPS) is 19.7. The molecule has 2 aromatic carbocycles.